The van der Waals surface area contributed by atoms with Crippen molar-refractivity contribution >= 4 is 23.4 Å². The summed E-state index contributed by atoms with van der Waals surface area (Å²) < 4.78 is 0. The second-order valence-electron chi connectivity index (χ2n) is 7.60. The Labute approximate surface area is 176 Å². The van der Waals surface area contributed by atoms with Crippen LogP contribution < -0.4 is 10.2 Å². The number of aryl methyl sites for hydroxylation is 3. The van der Waals surface area contributed by atoms with Gasteiger partial charge in [-0.2, -0.15) is 0 Å². The molecule has 1 saturated heterocycles. The van der Waals surface area contributed by atoms with Gasteiger partial charge in [-0.3, -0.25) is 4.79 Å². The third-order valence-electron chi connectivity index (χ3n) is 5.25. The maximum absolute atomic E-state index is 13.0. The number of nitrogens with one attached hydrogen (secondary N) is 1. The van der Waals surface area contributed by atoms with Gasteiger partial charge < -0.3 is 15.1 Å². The lowest BCUT2D eigenvalue weighted by molar-refractivity contribution is 0.0745. The Balaban J connectivity index is 1.44. The lowest BCUT2D eigenvalue weighted by Gasteiger charge is -2.35. The molecule has 1 fully saturated rings. The fourth-order valence-corrected chi connectivity index (χ4v) is 3.71. The topological polar surface area (TPSA) is 74.2 Å². The summed E-state index contributed by atoms with van der Waals surface area (Å²) in [6.07, 6.45) is 1.74. The highest BCUT2D eigenvalue weighted by atomic mass is 16.2. The highest BCUT2D eigenvalue weighted by molar-refractivity contribution is 5.95. The number of nitrogens with zero attached hydrogens (tertiary/aromatic N) is 5. The van der Waals surface area contributed by atoms with Gasteiger partial charge in [-0.1, -0.05) is 23.8 Å². The van der Waals surface area contributed by atoms with Crippen molar-refractivity contribution in [3.05, 3.63) is 71.2 Å². The zero-order chi connectivity index (χ0) is 21.1. The van der Waals surface area contributed by atoms with E-state index in [1.165, 1.54) is 5.56 Å². The minimum absolute atomic E-state index is 0.100. The first-order valence-corrected chi connectivity index (χ1v) is 10.1. The van der Waals surface area contributed by atoms with Crippen molar-refractivity contribution in [3.8, 4) is 0 Å². The first-order chi connectivity index (χ1) is 14.5. The fraction of sp³-hybridized carbons (Fsp3) is 0.304. The van der Waals surface area contributed by atoms with E-state index in [0.29, 0.717) is 24.7 Å². The number of carbonyl (C=O) groups excluding carboxylic acids is 1. The number of aromatic nitrogens is 3. The summed E-state index contributed by atoms with van der Waals surface area (Å²) in [4.78, 5) is 30.4. The maximum atomic E-state index is 13.0. The van der Waals surface area contributed by atoms with Crippen LogP contribution >= 0.6 is 0 Å². The van der Waals surface area contributed by atoms with Gasteiger partial charge in [0.1, 0.15) is 23.3 Å². The minimum Gasteiger partial charge on any atom is -0.353 e. The van der Waals surface area contributed by atoms with Crippen LogP contribution in [0.5, 0.6) is 0 Å². The molecule has 0 unspecified atom stereocenters. The van der Waals surface area contributed by atoms with E-state index >= 15 is 0 Å². The number of pyridine rings is 1. The third kappa shape index (κ3) is 4.40. The molecule has 1 amide bonds. The SMILES string of the molecule is Cc1ccc(C(=O)N2CCN(c3cc(Nc4ccccn4)nc(C)n3)CC2)c(C)c1. The smallest absolute Gasteiger partial charge is 0.254 e. The predicted molar refractivity (Wildman–Crippen MR) is 118 cm³/mol. The molecular formula is C23H26N6O. The number of amides is 1. The van der Waals surface area contributed by atoms with Crippen molar-refractivity contribution < 1.29 is 4.79 Å². The fourth-order valence-electron chi connectivity index (χ4n) is 3.71. The summed E-state index contributed by atoms with van der Waals surface area (Å²) >= 11 is 0. The van der Waals surface area contributed by atoms with E-state index in [1.54, 1.807) is 6.20 Å². The molecule has 7 nitrogen and oxygen atoms in total. The van der Waals surface area contributed by atoms with Crippen LogP contribution in [0.4, 0.5) is 17.5 Å². The Morgan fingerprint density at radius 2 is 1.73 bits per heavy atom. The van der Waals surface area contributed by atoms with Crippen molar-refractivity contribution in [2.45, 2.75) is 20.8 Å². The van der Waals surface area contributed by atoms with Crippen LogP contribution in [0, 0.1) is 20.8 Å². The molecule has 1 aromatic carbocycles. The Morgan fingerprint density at radius 3 is 2.43 bits per heavy atom. The van der Waals surface area contributed by atoms with Gasteiger partial charge in [-0.25, -0.2) is 15.0 Å². The Kier molecular flexibility index (Phi) is 5.61. The van der Waals surface area contributed by atoms with Crippen LogP contribution in [-0.4, -0.2) is 51.9 Å². The average molecular weight is 403 g/mol. The van der Waals surface area contributed by atoms with E-state index in [-0.39, 0.29) is 5.91 Å². The summed E-state index contributed by atoms with van der Waals surface area (Å²) in [5, 5.41) is 3.23. The van der Waals surface area contributed by atoms with Crippen molar-refractivity contribution in [2.24, 2.45) is 0 Å². The van der Waals surface area contributed by atoms with Crippen molar-refractivity contribution in [1.29, 1.82) is 0 Å². The van der Waals surface area contributed by atoms with Gasteiger partial charge in [0.2, 0.25) is 0 Å². The maximum Gasteiger partial charge on any atom is 0.254 e. The van der Waals surface area contributed by atoms with Crippen LogP contribution in [0.25, 0.3) is 0 Å². The Hall–Kier alpha value is -3.48. The van der Waals surface area contributed by atoms with Gasteiger partial charge >= 0.3 is 0 Å². The number of anilines is 3. The van der Waals surface area contributed by atoms with E-state index in [2.05, 4.69) is 31.2 Å². The van der Waals surface area contributed by atoms with Gasteiger partial charge in [0, 0.05) is 44.0 Å². The molecule has 0 radical (unpaired) electrons. The largest absolute Gasteiger partial charge is 0.353 e. The molecule has 2 aromatic heterocycles. The van der Waals surface area contributed by atoms with E-state index in [9.17, 15) is 4.79 Å². The Morgan fingerprint density at radius 1 is 0.933 bits per heavy atom. The molecule has 3 heterocycles. The Bertz CT molecular complexity index is 1040. The van der Waals surface area contributed by atoms with Gasteiger partial charge in [-0.05, 0) is 44.5 Å². The number of carbonyl (C=O) groups is 1. The molecule has 1 aliphatic rings. The van der Waals surface area contributed by atoms with E-state index in [1.807, 2.05) is 62.1 Å². The molecule has 3 aromatic rings. The first-order valence-electron chi connectivity index (χ1n) is 10.1. The summed E-state index contributed by atoms with van der Waals surface area (Å²) in [5.41, 5.74) is 2.98. The number of piperazine rings is 1. The van der Waals surface area contributed by atoms with Gasteiger partial charge in [0.25, 0.3) is 5.91 Å². The van der Waals surface area contributed by atoms with E-state index < -0.39 is 0 Å². The van der Waals surface area contributed by atoms with Crippen LogP contribution in [0.2, 0.25) is 0 Å². The quantitative estimate of drug-likeness (QED) is 0.720. The minimum atomic E-state index is 0.100. The van der Waals surface area contributed by atoms with Crippen molar-refractivity contribution in [3.63, 3.8) is 0 Å². The van der Waals surface area contributed by atoms with Crippen LogP contribution in [0.3, 0.4) is 0 Å². The highest BCUT2D eigenvalue weighted by Crippen LogP contribution is 2.21. The molecule has 1 N–H and O–H groups in total. The van der Waals surface area contributed by atoms with E-state index in [4.69, 9.17) is 0 Å². The second-order valence-corrected chi connectivity index (χ2v) is 7.60. The monoisotopic (exact) mass is 402 g/mol. The summed E-state index contributed by atoms with van der Waals surface area (Å²) in [6, 6.07) is 13.6. The van der Waals surface area contributed by atoms with Crippen LogP contribution in [0.1, 0.15) is 27.3 Å². The molecule has 0 bridgehead atoms. The molecule has 7 heteroatoms. The van der Waals surface area contributed by atoms with Crippen molar-refractivity contribution in [1.82, 2.24) is 19.9 Å². The molecule has 1 aliphatic heterocycles. The second kappa shape index (κ2) is 8.49. The number of hydrogen-bond donors (Lipinski definition) is 1. The molecule has 4 rings (SSSR count). The first kappa shape index (κ1) is 19.8. The number of rotatable bonds is 4. The number of benzene rings is 1. The summed E-state index contributed by atoms with van der Waals surface area (Å²) in [5.74, 6) is 3.11. The molecule has 0 atom stereocenters. The average Bonchev–Trinajstić information content (AvgIpc) is 2.74. The van der Waals surface area contributed by atoms with Crippen LogP contribution in [0.15, 0.2) is 48.7 Å². The standard InChI is InChI=1S/C23H26N6O/c1-16-7-8-19(17(2)14-16)23(30)29-12-10-28(11-13-29)22-15-21(25-18(3)26-22)27-20-6-4-5-9-24-20/h4-9,14-15H,10-13H2,1-3H3,(H,24,25,26,27). The van der Waals surface area contributed by atoms with Crippen LogP contribution in [-0.2, 0) is 0 Å². The van der Waals surface area contributed by atoms with E-state index in [0.717, 1.165) is 35.9 Å². The van der Waals surface area contributed by atoms with Crippen molar-refractivity contribution in [2.75, 3.05) is 36.4 Å². The summed E-state index contributed by atoms with van der Waals surface area (Å²) in [6.45, 7) is 8.71. The zero-order valence-corrected chi connectivity index (χ0v) is 17.6. The molecule has 30 heavy (non-hydrogen) atoms. The van der Waals surface area contributed by atoms with Gasteiger partial charge in [0.05, 0.1) is 0 Å². The molecule has 0 spiro atoms. The van der Waals surface area contributed by atoms with Gasteiger partial charge in [-0.15, -0.1) is 0 Å². The lowest BCUT2D eigenvalue weighted by Crippen LogP contribution is -2.49. The highest BCUT2D eigenvalue weighted by Gasteiger charge is 2.24. The lowest BCUT2D eigenvalue weighted by atomic mass is 10.0. The molecule has 154 valence electrons. The third-order valence-corrected chi connectivity index (χ3v) is 5.25. The van der Waals surface area contributed by atoms with Gasteiger partial charge in [0.15, 0.2) is 0 Å². The number of hydrogen-bond acceptors (Lipinski definition) is 6. The normalized spacial score (nSPS) is 14.0. The molecule has 0 saturated carbocycles. The molecule has 0 aliphatic carbocycles. The molecular weight excluding hydrogens is 376 g/mol. The predicted octanol–water partition coefficient (Wildman–Crippen LogP) is 3.50. The summed E-state index contributed by atoms with van der Waals surface area (Å²) in [7, 11) is 0. The zero-order valence-electron chi connectivity index (χ0n) is 17.6.